The SMILES string of the molecule is NC(c1ccccc1)C(N)c1ccccc1.S=C(c1c([PH+](c2ccccc2)c2ccccc2)ccc2c1OCO2)c1c([PH+](c2ccccc2)c2ccccc2)ccc2c1OCO2.[Cl][Ru+2][Cl]. The van der Waals surface area contributed by atoms with E-state index in [-0.39, 0.29) is 40.8 Å². The van der Waals surface area contributed by atoms with Crippen molar-refractivity contribution < 1.29 is 34.1 Å². The van der Waals surface area contributed by atoms with Gasteiger partial charge in [-0.15, -0.1) is 0 Å². The predicted molar refractivity (Wildman–Crippen MR) is 275 cm³/mol. The fraction of sp³-hybridized carbons (Fsp3) is 0.0755. The van der Waals surface area contributed by atoms with Gasteiger partial charge in [0.2, 0.25) is 13.6 Å². The minimum atomic E-state index is -1.52. The molecule has 65 heavy (non-hydrogen) atoms. The maximum absolute atomic E-state index is 6.64. The first kappa shape index (κ1) is 46.6. The molecular weight excluding hydrogens is 995 g/mol. The van der Waals surface area contributed by atoms with Crippen LogP contribution in [0.25, 0.3) is 0 Å². The summed E-state index contributed by atoms with van der Waals surface area (Å²) < 4.78 is 24.5. The van der Waals surface area contributed by atoms with Gasteiger partial charge in [0.1, 0.15) is 31.8 Å². The molecule has 0 amide bonds. The van der Waals surface area contributed by atoms with Crippen molar-refractivity contribution in [2.24, 2.45) is 11.5 Å². The Morgan fingerprint density at radius 2 is 0.708 bits per heavy atom. The third kappa shape index (κ3) is 10.9. The fourth-order valence-corrected chi connectivity index (χ4v) is 14.2. The van der Waals surface area contributed by atoms with Crippen LogP contribution in [0.15, 0.2) is 206 Å². The number of benzene rings is 8. The molecule has 8 aromatic rings. The molecule has 12 heteroatoms. The summed E-state index contributed by atoms with van der Waals surface area (Å²) in [5.41, 5.74) is 16.2. The molecule has 0 saturated heterocycles. The molecule has 4 N–H and O–H groups in total. The monoisotopic (exact) mass is 1040 g/mol. The second-order valence-electron chi connectivity index (χ2n) is 14.9. The second kappa shape index (κ2) is 23.0. The van der Waals surface area contributed by atoms with E-state index >= 15 is 0 Å². The molecule has 0 aromatic heterocycles. The number of fused-ring (bicyclic) bond motifs is 2. The number of hydrogen-bond donors (Lipinski definition) is 2. The van der Waals surface area contributed by atoms with Gasteiger partial charge in [0.25, 0.3) is 0 Å². The average Bonchev–Trinajstić information content (AvgIpc) is 4.06. The number of thiocarbonyl (C=S) groups is 1. The fourth-order valence-electron chi connectivity index (χ4n) is 8.08. The van der Waals surface area contributed by atoms with Crippen LogP contribution in [0, 0.1) is 0 Å². The van der Waals surface area contributed by atoms with E-state index in [9.17, 15) is 0 Å². The summed E-state index contributed by atoms with van der Waals surface area (Å²) in [6.45, 7) is 0.297. The zero-order valence-corrected chi connectivity index (χ0v) is 41.1. The Kier molecular flexibility index (Phi) is 16.5. The molecule has 8 aromatic carbocycles. The number of rotatable bonds is 11. The van der Waals surface area contributed by atoms with Crippen molar-refractivity contribution in [2.75, 3.05) is 13.6 Å². The van der Waals surface area contributed by atoms with Gasteiger partial charge in [-0.1, -0.05) is 146 Å². The molecule has 2 aliphatic rings. The van der Waals surface area contributed by atoms with E-state index in [2.05, 4.69) is 133 Å². The number of halogens is 2. The Bertz CT molecular complexity index is 2520. The van der Waals surface area contributed by atoms with Crippen molar-refractivity contribution in [3.63, 3.8) is 0 Å². The Morgan fingerprint density at radius 3 is 1.00 bits per heavy atom. The first-order valence-corrected chi connectivity index (χ1v) is 28.7. The maximum atomic E-state index is 6.64. The zero-order valence-electron chi connectivity index (χ0n) is 35.0. The minimum absolute atomic E-state index is 0.148. The molecule has 0 bridgehead atoms. The molecular formula is C53H46Cl2N2O4P2RuS+4. The summed E-state index contributed by atoms with van der Waals surface area (Å²) in [6.07, 6.45) is 0. The quantitative estimate of drug-likeness (QED) is 0.0578. The average molecular weight is 1040 g/mol. The van der Waals surface area contributed by atoms with Crippen LogP contribution in [-0.2, 0) is 15.1 Å². The van der Waals surface area contributed by atoms with Gasteiger partial charge in [-0.3, -0.25) is 0 Å². The molecule has 0 fully saturated rings. The van der Waals surface area contributed by atoms with E-state index in [0.717, 1.165) is 32.9 Å². The molecule has 0 radical (unpaired) electrons. The first-order chi connectivity index (χ1) is 32.0. The topological polar surface area (TPSA) is 89.0 Å². The van der Waals surface area contributed by atoms with E-state index in [1.54, 1.807) is 0 Å². The van der Waals surface area contributed by atoms with Crippen molar-refractivity contribution in [1.29, 1.82) is 0 Å². The molecule has 326 valence electrons. The summed E-state index contributed by atoms with van der Waals surface area (Å²) in [5, 5.41) is 7.34. The van der Waals surface area contributed by atoms with Gasteiger partial charge in [0.15, 0.2) is 23.0 Å². The third-order valence-electron chi connectivity index (χ3n) is 11.1. The summed E-state index contributed by atoms with van der Waals surface area (Å²) in [4.78, 5) is 0.679. The summed E-state index contributed by atoms with van der Waals surface area (Å²) >= 11 is 6.30. The third-order valence-corrected chi connectivity index (χ3v) is 17.0. The Labute approximate surface area is 404 Å². The van der Waals surface area contributed by atoms with Crippen LogP contribution in [0.2, 0.25) is 0 Å². The number of hydrogen-bond acceptors (Lipinski definition) is 7. The van der Waals surface area contributed by atoms with Crippen LogP contribution < -0.4 is 62.2 Å². The normalized spacial score (nSPS) is 13.0. The van der Waals surface area contributed by atoms with Crippen LogP contribution in [0.1, 0.15) is 34.3 Å². The van der Waals surface area contributed by atoms with Gasteiger partial charge in [-0.2, -0.15) is 0 Å². The van der Waals surface area contributed by atoms with E-state index in [4.69, 9.17) is 62.0 Å². The summed E-state index contributed by atoms with van der Waals surface area (Å²) in [7, 11) is 6.68. The molecule has 0 spiro atoms. The van der Waals surface area contributed by atoms with Crippen molar-refractivity contribution in [2.45, 2.75) is 12.1 Å². The molecule has 2 unspecified atom stereocenters. The first-order valence-electron chi connectivity index (χ1n) is 20.8. The molecule has 10 rings (SSSR count). The van der Waals surface area contributed by atoms with Crippen molar-refractivity contribution in [3.8, 4) is 23.0 Å². The number of nitrogens with two attached hydrogens (primary N) is 2. The van der Waals surface area contributed by atoms with Gasteiger partial charge in [0, 0.05) is 12.1 Å². The Morgan fingerprint density at radius 1 is 0.431 bits per heavy atom. The van der Waals surface area contributed by atoms with Crippen LogP contribution in [0.4, 0.5) is 0 Å². The summed E-state index contributed by atoms with van der Waals surface area (Å²) in [5.74, 6) is 2.78. The number of ether oxygens (including phenoxy) is 4. The molecule has 2 heterocycles. The zero-order chi connectivity index (χ0) is 45.0. The van der Waals surface area contributed by atoms with Crippen molar-refractivity contribution >= 4 is 84.1 Å². The van der Waals surface area contributed by atoms with Crippen molar-refractivity contribution in [1.82, 2.24) is 0 Å². The van der Waals surface area contributed by atoms with Gasteiger partial charge >= 0.3 is 34.5 Å². The van der Waals surface area contributed by atoms with E-state index < -0.39 is 15.8 Å². The van der Waals surface area contributed by atoms with Crippen LogP contribution in [0.5, 0.6) is 23.0 Å². The van der Waals surface area contributed by atoms with Gasteiger partial charge in [-0.25, -0.2) is 0 Å². The van der Waals surface area contributed by atoms with Crippen LogP contribution in [-0.4, -0.2) is 18.5 Å². The summed E-state index contributed by atoms with van der Waals surface area (Å²) in [6, 6.07) is 70.8. The molecule has 0 aliphatic carbocycles. The molecule has 2 aliphatic heterocycles. The Hall–Kier alpha value is -4.97. The standard InChI is InChI=1S/C39H28O4P2S.C14H16N2.2ClH.Ru/c46-39(35-33(23-21-31-37(35)42-25-40-31)44(27-13-5-1-6-14-27)28-15-7-2-8-16-28)36-34(24-22-32-38(36)43-26-41-32)45(29-17-9-3-10-18-29)30-19-11-4-12-20-30;15-13(11-7-3-1-4-8-11)14(16)12-9-5-2-6-10-12;;;/h1-24H,25-26H2;1-10,13-14H,15-16H2;2*1H;/q;;;;+4. The Balaban J connectivity index is 0.000000253. The molecule has 0 saturated carbocycles. The molecule has 6 nitrogen and oxygen atoms in total. The van der Waals surface area contributed by atoms with Crippen LogP contribution in [0.3, 0.4) is 0 Å². The second-order valence-corrected chi connectivity index (χ2v) is 22.8. The van der Waals surface area contributed by atoms with Crippen LogP contribution >= 0.6 is 47.4 Å². The van der Waals surface area contributed by atoms with Gasteiger partial charge in [-0.05, 0) is 83.9 Å². The van der Waals surface area contributed by atoms with E-state index in [1.165, 1.54) is 21.2 Å². The van der Waals surface area contributed by atoms with Gasteiger partial charge < -0.3 is 30.4 Å². The predicted octanol–water partition coefficient (Wildman–Crippen LogP) is 9.65. The van der Waals surface area contributed by atoms with E-state index in [1.807, 2.05) is 72.8 Å². The van der Waals surface area contributed by atoms with Gasteiger partial charge in [0.05, 0.1) is 31.8 Å². The van der Waals surface area contributed by atoms with E-state index in [0.29, 0.717) is 27.9 Å². The molecule has 2 atom stereocenters. The van der Waals surface area contributed by atoms with Crippen molar-refractivity contribution in [3.05, 3.63) is 229 Å².